The van der Waals surface area contributed by atoms with Crippen molar-refractivity contribution in [3.63, 3.8) is 0 Å². The van der Waals surface area contributed by atoms with E-state index < -0.39 is 18.0 Å². The Kier molecular flexibility index (Phi) is 12.2. The van der Waals surface area contributed by atoms with Gasteiger partial charge in [0.2, 0.25) is 0 Å². The normalized spacial score (nSPS) is 21.7. The number of methoxy groups -OCH3 is 1. The van der Waals surface area contributed by atoms with Gasteiger partial charge in [-0.15, -0.1) is 0 Å². The summed E-state index contributed by atoms with van der Waals surface area (Å²) in [6, 6.07) is 4.25. The number of hydrogen-bond acceptors (Lipinski definition) is 6. The van der Waals surface area contributed by atoms with Crippen molar-refractivity contribution >= 4 is 23.7 Å². The highest BCUT2D eigenvalue weighted by molar-refractivity contribution is 6.30. The van der Waals surface area contributed by atoms with Gasteiger partial charge in [0.05, 0.1) is 19.8 Å². The first kappa shape index (κ1) is 29.4. The van der Waals surface area contributed by atoms with Gasteiger partial charge < -0.3 is 35.1 Å². The van der Waals surface area contributed by atoms with Crippen molar-refractivity contribution in [3.05, 3.63) is 34.6 Å². The van der Waals surface area contributed by atoms with Crippen LogP contribution in [0.5, 0.6) is 0 Å². The fraction of sp³-hybridized carbons (Fsp3) is 0.692. The van der Waals surface area contributed by atoms with E-state index in [1.165, 1.54) is 19.2 Å². The van der Waals surface area contributed by atoms with E-state index in [4.69, 9.17) is 21.1 Å². The summed E-state index contributed by atoms with van der Waals surface area (Å²) >= 11 is 6.14. The maximum absolute atomic E-state index is 14.2. The lowest BCUT2D eigenvalue weighted by Crippen LogP contribution is -2.52. The van der Waals surface area contributed by atoms with Crippen LogP contribution in [0, 0.1) is 17.7 Å². The van der Waals surface area contributed by atoms with Crippen LogP contribution in [0.3, 0.4) is 0 Å². The number of likely N-dealkylation sites (N-methyl/N-ethyl adjacent to an activating group) is 1. The van der Waals surface area contributed by atoms with Crippen LogP contribution in [0.1, 0.15) is 43.8 Å². The van der Waals surface area contributed by atoms with Crippen LogP contribution in [-0.4, -0.2) is 83.2 Å². The van der Waals surface area contributed by atoms with Crippen LogP contribution in [0.2, 0.25) is 5.02 Å². The first-order valence-corrected chi connectivity index (χ1v) is 13.4. The average Bonchev–Trinajstić information content (AvgIpc) is 2.88. The van der Waals surface area contributed by atoms with E-state index in [9.17, 15) is 14.0 Å². The van der Waals surface area contributed by atoms with Gasteiger partial charge in [-0.2, -0.15) is 0 Å². The Morgan fingerprint density at radius 2 is 2.11 bits per heavy atom. The maximum Gasteiger partial charge on any atom is 0.406 e. The molecule has 2 fully saturated rings. The molecule has 0 aromatic heterocycles. The number of likely N-dealkylation sites (tertiary alicyclic amines) is 1. The molecule has 0 bridgehead atoms. The number of urea groups is 1. The van der Waals surface area contributed by atoms with Crippen molar-refractivity contribution in [2.45, 2.75) is 44.2 Å². The summed E-state index contributed by atoms with van der Waals surface area (Å²) in [5.41, 5.74) is 0.612. The van der Waals surface area contributed by atoms with E-state index in [0.717, 1.165) is 45.3 Å². The highest BCUT2D eigenvalue weighted by Gasteiger charge is 2.32. The van der Waals surface area contributed by atoms with Gasteiger partial charge in [-0.05, 0) is 68.8 Å². The molecule has 3 amide bonds. The number of ether oxygens (including phenoxy) is 3. The summed E-state index contributed by atoms with van der Waals surface area (Å²) in [5.74, 6) is -0.0728. The van der Waals surface area contributed by atoms with Crippen molar-refractivity contribution in [2.24, 2.45) is 11.8 Å². The van der Waals surface area contributed by atoms with Crippen LogP contribution in [-0.2, 0) is 14.2 Å². The van der Waals surface area contributed by atoms with E-state index >= 15 is 0 Å². The van der Waals surface area contributed by atoms with Gasteiger partial charge in [-0.25, -0.2) is 14.0 Å². The lowest BCUT2D eigenvalue weighted by molar-refractivity contribution is -0.00888. The van der Waals surface area contributed by atoms with Crippen LogP contribution < -0.4 is 16.0 Å². The zero-order valence-electron chi connectivity index (χ0n) is 21.8. The van der Waals surface area contributed by atoms with E-state index in [1.54, 1.807) is 6.07 Å². The second-order valence-electron chi connectivity index (χ2n) is 9.78. The van der Waals surface area contributed by atoms with E-state index in [0.29, 0.717) is 31.1 Å². The lowest BCUT2D eigenvalue weighted by Gasteiger charge is -2.38. The second-order valence-corrected chi connectivity index (χ2v) is 10.2. The zero-order chi connectivity index (χ0) is 26.6. The van der Waals surface area contributed by atoms with Crippen LogP contribution in [0.25, 0.3) is 0 Å². The third-order valence-corrected chi connectivity index (χ3v) is 7.11. The molecule has 9 nitrogen and oxygen atoms in total. The molecule has 3 N–H and O–H groups in total. The van der Waals surface area contributed by atoms with Gasteiger partial charge in [0.1, 0.15) is 5.82 Å². The summed E-state index contributed by atoms with van der Waals surface area (Å²) in [4.78, 5) is 26.5. The van der Waals surface area contributed by atoms with Crippen molar-refractivity contribution in [2.75, 3.05) is 60.2 Å². The average molecular weight is 543 g/mol. The molecule has 3 rings (SSSR count). The standard InChI is InChI=1S/C26H40ClFN4O5/c1-29-15-23(11-18-5-4-9-36-17-18)31-25(33)32-8-3-6-19(16-32)24(37-10-7-30-26(34)35-2)20-12-21(27)14-22(28)13-20/h12-14,18-19,23-24,29H,3-11,15-17H2,1-2H3,(H,30,34)(H,31,33)/t18-,19-,23-,24-/m1/s1. The van der Waals surface area contributed by atoms with Gasteiger partial charge >= 0.3 is 12.1 Å². The molecular formula is C26H40ClFN4O5. The Bertz CT molecular complexity index is 853. The summed E-state index contributed by atoms with van der Waals surface area (Å²) in [6.07, 6.45) is 3.60. The van der Waals surface area contributed by atoms with E-state index in [2.05, 4.69) is 20.7 Å². The molecule has 0 spiro atoms. The van der Waals surface area contributed by atoms with Crippen molar-refractivity contribution in [1.82, 2.24) is 20.9 Å². The number of piperidine rings is 1. The molecule has 2 saturated heterocycles. The molecule has 0 radical (unpaired) electrons. The number of alkyl carbamates (subject to hydrolysis) is 1. The molecule has 4 atom stereocenters. The fourth-order valence-corrected chi connectivity index (χ4v) is 5.43. The smallest absolute Gasteiger partial charge is 0.406 e. The summed E-state index contributed by atoms with van der Waals surface area (Å²) in [5, 5.41) is 9.26. The van der Waals surface area contributed by atoms with Crippen LogP contribution >= 0.6 is 11.6 Å². The number of nitrogens with one attached hydrogen (secondary N) is 3. The quantitative estimate of drug-likeness (QED) is 0.368. The number of amides is 3. The van der Waals surface area contributed by atoms with Gasteiger partial charge in [0.25, 0.3) is 0 Å². The summed E-state index contributed by atoms with van der Waals surface area (Å²) in [6.45, 7) is 3.77. The number of halogens is 2. The van der Waals surface area contributed by atoms with Gasteiger partial charge in [0, 0.05) is 56.4 Å². The lowest BCUT2D eigenvalue weighted by atomic mass is 9.88. The first-order chi connectivity index (χ1) is 17.9. The van der Waals surface area contributed by atoms with E-state index in [-0.39, 0.29) is 36.2 Å². The maximum atomic E-state index is 14.2. The zero-order valence-corrected chi connectivity index (χ0v) is 22.5. The minimum absolute atomic E-state index is 0.00282. The molecule has 0 unspecified atom stereocenters. The molecule has 2 aliphatic rings. The first-order valence-electron chi connectivity index (χ1n) is 13.1. The molecule has 2 heterocycles. The highest BCUT2D eigenvalue weighted by Crippen LogP contribution is 2.34. The molecule has 2 aliphatic heterocycles. The summed E-state index contributed by atoms with van der Waals surface area (Å²) < 4.78 is 30.6. The number of carbonyl (C=O) groups is 2. The molecule has 1 aromatic rings. The number of nitrogens with zero attached hydrogens (tertiary/aromatic N) is 1. The number of benzene rings is 1. The summed E-state index contributed by atoms with van der Waals surface area (Å²) in [7, 11) is 3.17. The van der Waals surface area contributed by atoms with E-state index in [1.807, 2.05) is 11.9 Å². The Balaban J connectivity index is 1.65. The molecule has 1 aromatic carbocycles. The topological polar surface area (TPSA) is 101 Å². The molecule has 37 heavy (non-hydrogen) atoms. The predicted molar refractivity (Wildman–Crippen MR) is 139 cm³/mol. The largest absolute Gasteiger partial charge is 0.453 e. The van der Waals surface area contributed by atoms with Crippen molar-refractivity contribution in [3.8, 4) is 0 Å². The number of hydrogen-bond donors (Lipinski definition) is 3. The molecule has 208 valence electrons. The Morgan fingerprint density at radius 1 is 1.27 bits per heavy atom. The molecular weight excluding hydrogens is 503 g/mol. The number of rotatable bonds is 11. The van der Waals surface area contributed by atoms with Crippen LogP contribution in [0.4, 0.5) is 14.0 Å². The van der Waals surface area contributed by atoms with Crippen LogP contribution in [0.15, 0.2) is 18.2 Å². The second kappa shape index (κ2) is 15.3. The molecule has 0 aliphatic carbocycles. The third kappa shape index (κ3) is 9.59. The molecule has 11 heteroatoms. The SMILES string of the molecule is CNC[C@@H](C[C@H]1CCCOC1)NC(=O)N1CCC[C@@H]([C@@H](OCCNC(=O)OC)c2cc(F)cc(Cl)c2)C1. The minimum Gasteiger partial charge on any atom is -0.453 e. The number of carbonyl (C=O) groups excluding carboxylic acids is 2. The monoisotopic (exact) mass is 542 g/mol. The van der Waals surface area contributed by atoms with Gasteiger partial charge in [-0.1, -0.05) is 11.6 Å². The predicted octanol–water partition coefficient (Wildman–Crippen LogP) is 3.72. The van der Waals surface area contributed by atoms with Crippen molar-refractivity contribution in [1.29, 1.82) is 0 Å². The highest BCUT2D eigenvalue weighted by atomic mass is 35.5. The third-order valence-electron chi connectivity index (χ3n) is 6.89. The van der Waals surface area contributed by atoms with Crippen molar-refractivity contribution < 1.29 is 28.2 Å². The Morgan fingerprint density at radius 3 is 2.81 bits per heavy atom. The Labute approximate surface area is 223 Å². The minimum atomic E-state index is -0.551. The molecule has 0 saturated carbocycles. The fourth-order valence-electron chi connectivity index (χ4n) is 5.20. The van der Waals surface area contributed by atoms with Gasteiger partial charge in [0.15, 0.2) is 0 Å². The van der Waals surface area contributed by atoms with Gasteiger partial charge in [-0.3, -0.25) is 0 Å². The Hall–Kier alpha value is -2.14.